The van der Waals surface area contributed by atoms with E-state index in [1.54, 1.807) is 6.20 Å². The van der Waals surface area contributed by atoms with Crippen LogP contribution in [0, 0.1) is 5.92 Å². The Hall–Kier alpha value is -0.930. The van der Waals surface area contributed by atoms with Crippen molar-refractivity contribution in [2.75, 3.05) is 0 Å². The summed E-state index contributed by atoms with van der Waals surface area (Å²) in [6.45, 7) is 0. The van der Waals surface area contributed by atoms with Gasteiger partial charge in [0.05, 0.1) is 12.2 Å². The topological polar surface area (TPSA) is 53.4 Å². The molecular formula is C11H13NO2. The first kappa shape index (κ1) is 8.38. The van der Waals surface area contributed by atoms with E-state index < -0.39 is 12.2 Å². The quantitative estimate of drug-likeness (QED) is 0.626. The van der Waals surface area contributed by atoms with Gasteiger partial charge in [-0.3, -0.25) is 4.98 Å². The summed E-state index contributed by atoms with van der Waals surface area (Å²) >= 11 is 0. The average molecular weight is 191 g/mol. The van der Waals surface area contributed by atoms with Crippen molar-refractivity contribution in [1.29, 1.82) is 0 Å². The second-order valence-corrected chi connectivity index (χ2v) is 4.34. The monoisotopic (exact) mass is 191 g/mol. The molecule has 1 fully saturated rings. The maximum atomic E-state index is 9.82. The highest BCUT2D eigenvalue weighted by atomic mass is 16.3. The van der Waals surface area contributed by atoms with Crippen molar-refractivity contribution < 1.29 is 10.2 Å². The van der Waals surface area contributed by atoms with Crippen LogP contribution in [-0.2, 0) is 6.42 Å². The molecule has 3 rings (SSSR count). The number of pyridine rings is 1. The predicted molar refractivity (Wildman–Crippen MR) is 50.8 cm³/mol. The zero-order chi connectivity index (χ0) is 9.71. The number of aliphatic hydroxyl groups is 2. The van der Waals surface area contributed by atoms with Gasteiger partial charge < -0.3 is 10.2 Å². The lowest BCUT2D eigenvalue weighted by atomic mass is 9.86. The molecule has 1 saturated carbocycles. The van der Waals surface area contributed by atoms with Crippen LogP contribution in [0.25, 0.3) is 0 Å². The normalized spacial score (nSPS) is 39.6. The molecule has 2 aliphatic rings. The van der Waals surface area contributed by atoms with Gasteiger partial charge in [-0.05, 0) is 30.4 Å². The highest BCUT2D eigenvalue weighted by Gasteiger charge is 2.46. The maximum Gasteiger partial charge on any atom is 0.0885 e. The molecule has 74 valence electrons. The van der Waals surface area contributed by atoms with Gasteiger partial charge in [0.2, 0.25) is 0 Å². The van der Waals surface area contributed by atoms with Gasteiger partial charge in [-0.25, -0.2) is 0 Å². The van der Waals surface area contributed by atoms with Crippen molar-refractivity contribution in [3.05, 3.63) is 29.6 Å². The van der Waals surface area contributed by atoms with Gasteiger partial charge >= 0.3 is 0 Å². The van der Waals surface area contributed by atoms with E-state index in [1.165, 1.54) is 5.56 Å². The van der Waals surface area contributed by atoms with Crippen LogP contribution in [0.5, 0.6) is 0 Å². The SMILES string of the molecule is OC1C2Cc3cccnc3C(C2)C1O. The van der Waals surface area contributed by atoms with Gasteiger partial charge in [0.25, 0.3) is 0 Å². The number of nitrogens with zero attached hydrogens (tertiary/aromatic N) is 1. The second kappa shape index (κ2) is 2.78. The van der Waals surface area contributed by atoms with E-state index in [2.05, 4.69) is 4.98 Å². The van der Waals surface area contributed by atoms with E-state index >= 15 is 0 Å². The third-order valence-corrected chi connectivity index (χ3v) is 3.56. The highest BCUT2D eigenvalue weighted by molar-refractivity contribution is 5.31. The fraction of sp³-hybridized carbons (Fsp3) is 0.545. The zero-order valence-electron chi connectivity index (χ0n) is 7.80. The molecule has 3 nitrogen and oxygen atoms in total. The summed E-state index contributed by atoms with van der Waals surface area (Å²) in [6, 6.07) is 3.97. The summed E-state index contributed by atoms with van der Waals surface area (Å²) in [5, 5.41) is 19.6. The lowest BCUT2D eigenvalue weighted by Gasteiger charge is -2.21. The predicted octanol–water partition coefficient (Wildman–Crippen LogP) is 0.463. The Morgan fingerprint density at radius 3 is 3.00 bits per heavy atom. The zero-order valence-corrected chi connectivity index (χ0v) is 7.80. The summed E-state index contributed by atoms with van der Waals surface area (Å²) in [7, 11) is 0. The minimum Gasteiger partial charge on any atom is -0.390 e. The van der Waals surface area contributed by atoms with Crippen LogP contribution >= 0.6 is 0 Å². The molecule has 4 unspecified atom stereocenters. The molecule has 2 bridgehead atoms. The number of aliphatic hydroxyl groups excluding tert-OH is 2. The van der Waals surface area contributed by atoms with Crippen LogP contribution in [0.4, 0.5) is 0 Å². The lowest BCUT2D eigenvalue weighted by molar-refractivity contribution is 0.0173. The van der Waals surface area contributed by atoms with E-state index in [4.69, 9.17) is 0 Å². The summed E-state index contributed by atoms with van der Waals surface area (Å²) in [5.74, 6) is 0.284. The molecule has 4 atom stereocenters. The third-order valence-electron chi connectivity index (χ3n) is 3.56. The van der Waals surface area contributed by atoms with E-state index in [0.717, 1.165) is 18.5 Å². The molecule has 1 aromatic rings. The number of fused-ring (bicyclic) bond motifs is 4. The lowest BCUT2D eigenvalue weighted by Crippen LogP contribution is -2.26. The summed E-state index contributed by atoms with van der Waals surface area (Å²) < 4.78 is 0. The number of rotatable bonds is 0. The first-order valence-electron chi connectivity index (χ1n) is 5.07. The minimum atomic E-state index is -0.615. The van der Waals surface area contributed by atoms with Gasteiger partial charge in [0.15, 0.2) is 0 Å². The van der Waals surface area contributed by atoms with Crippen molar-refractivity contribution in [1.82, 2.24) is 4.98 Å². The van der Waals surface area contributed by atoms with Crippen molar-refractivity contribution in [3.8, 4) is 0 Å². The third kappa shape index (κ3) is 0.967. The fourth-order valence-electron chi connectivity index (χ4n) is 2.84. The molecule has 2 aliphatic carbocycles. The molecule has 0 radical (unpaired) electrons. The maximum absolute atomic E-state index is 9.82. The van der Waals surface area contributed by atoms with Crippen molar-refractivity contribution in [3.63, 3.8) is 0 Å². The van der Waals surface area contributed by atoms with Crippen molar-refractivity contribution >= 4 is 0 Å². The standard InChI is InChI=1S/C11H13NO2/c13-10-7-4-6-2-1-3-12-9(6)8(5-7)11(10)14/h1-3,7-8,10-11,13-14H,4-5H2. The van der Waals surface area contributed by atoms with Gasteiger partial charge in [-0.2, -0.15) is 0 Å². The Bertz CT molecular complexity index is 364. The molecule has 14 heavy (non-hydrogen) atoms. The van der Waals surface area contributed by atoms with Crippen LogP contribution < -0.4 is 0 Å². The molecule has 2 N–H and O–H groups in total. The summed E-state index contributed by atoms with van der Waals surface area (Å²) in [6.07, 6.45) is 2.33. The Morgan fingerprint density at radius 1 is 1.29 bits per heavy atom. The summed E-state index contributed by atoms with van der Waals surface area (Å²) in [5.41, 5.74) is 2.19. The first-order chi connectivity index (χ1) is 6.77. The molecule has 1 heterocycles. The van der Waals surface area contributed by atoms with Crippen LogP contribution in [0.1, 0.15) is 23.6 Å². The molecule has 3 heteroatoms. The molecule has 0 spiro atoms. The number of hydrogen-bond acceptors (Lipinski definition) is 3. The van der Waals surface area contributed by atoms with Gasteiger partial charge in [0, 0.05) is 17.8 Å². The van der Waals surface area contributed by atoms with Gasteiger partial charge in [-0.15, -0.1) is 0 Å². The molecule has 0 amide bonds. The summed E-state index contributed by atoms with van der Waals surface area (Å²) in [4.78, 5) is 4.31. The fourth-order valence-corrected chi connectivity index (χ4v) is 2.84. The van der Waals surface area contributed by atoms with E-state index in [1.807, 2.05) is 12.1 Å². The van der Waals surface area contributed by atoms with E-state index in [-0.39, 0.29) is 11.8 Å². The Balaban J connectivity index is 2.10. The van der Waals surface area contributed by atoms with Crippen molar-refractivity contribution in [2.24, 2.45) is 5.92 Å². The van der Waals surface area contributed by atoms with E-state index in [9.17, 15) is 10.2 Å². The van der Waals surface area contributed by atoms with Crippen LogP contribution in [0.15, 0.2) is 18.3 Å². The molecular weight excluding hydrogens is 178 g/mol. The Kier molecular flexibility index (Phi) is 1.66. The molecule has 1 aromatic heterocycles. The average Bonchev–Trinajstić information content (AvgIpc) is 2.45. The van der Waals surface area contributed by atoms with Crippen LogP contribution in [0.3, 0.4) is 0 Å². The van der Waals surface area contributed by atoms with Gasteiger partial charge in [-0.1, -0.05) is 6.07 Å². The van der Waals surface area contributed by atoms with Crippen LogP contribution in [0.2, 0.25) is 0 Å². The number of aromatic nitrogens is 1. The minimum absolute atomic E-state index is 0.0555. The molecule has 0 saturated heterocycles. The van der Waals surface area contributed by atoms with Gasteiger partial charge in [0.1, 0.15) is 0 Å². The van der Waals surface area contributed by atoms with Crippen LogP contribution in [-0.4, -0.2) is 27.4 Å². The Morgan fingerprint density at radius 2 is 2.14 bits per heavy atom. The van der Waals surface area contributed by atoms with Crippen molar-refractivity contribution in [2.45, 2.75) is 31.0 Å². The largest absolute Gasteiger partial charge is 0.390 e. The smallest absolute Gasteiger partial charge is 0.0885 e. The molecule has 0 aliphatic heterocycles. The Labute approximate surface area is 82.4 Å². The molecule has 0 aromatic carbocycles. The van der Waals surface area contributed by atoms with E-state index in [0.29, 0.717) is 0 Å². The number of hydrogen-bond donors (Lipinski definition) is 2. The second-order valence-electron chi connectivity index (χ2n) is 4.34. The highest BCUT2D eigenvalue weighted by Crippen LogP contribution is 2.45. The first-order valence-corrected chi connectivity index (χ1v) is 5.07.